The van der Waals surface area contributed by atoms with E-state index in [2.05, 4.69) is 5.32 Å². The van der Waals surface area contributed by atoms with E-state index in [1.165, 1.54) is 0 Å². The van der Waals surface area contributed by atoms with Crippen LogP contribution in [0.2, 0.25) is 0 Å². The SMILES string of the molecule is COc1ccc(CC(C)C(=O)NC(C(=O)O)C(C)C)cc1. The predicted octanol–water partition coefficient (Wildman–Crippen LogP) is 2.10. The molecule has 0 saturated heterocycles. The van der Waals surface area contributed by atoms with Crippen molar-refractivity contribution in [1.82, 2.24) is 5.32 Å². The van der Waals surface area contributed by atoms with Gasteiger partial charge in [0.05, 0.1) is 7.11 Å². The summed E-state index contributed by atoms with van der Waals surface area (Å²) in [6.07, 6.45) is 0.556. The van der Waals surface area contributed by atoms with Gasteiger partial charge < -0.3 is 15.2 Å². The molecular formula is C16H23NO4. The Morgan fingerprint density at radius 3 is 2.19 bits per heavy atom. The van der Waals surface area contributed by atoms with E-state index >= 15 is 0 Å². The van der Waals surface area contributed by atoms with E-state index < -0.39 is 12.0 Å². The first-order valence-corrected chi connectivity index (χ1v) is 7.01. The molecule has 0 spiro atoms. The number of ether oxygens (including phenoxy) is 1. The van der Waals surface area contributed by atoms with Crippen LogP contribution in [0.25, 0.3) is 0 Å². The number of carboxylic acids is 1. The van der Waals surface area contributed by atoms with Gasteiger partial charge in [-0.05, 0) is 30.0 Å². The highest BCUT2D eigenvalue weighted by atomic mass is 16.5. The minimum absolute atomic E-state index is 0.153. The van der Waals surface area contributed by atoms with Crippen LogP contribution in [0.1, 0.15) is 26.3 Å². The topological polar surface area (TPSA) is 75.6 Å². The molecule has 0 bridgehead atoms. The molecule has 1 amide bonds. The largest absolute Gasteiger partial charge is 0.497 e. The standard InChI is InChI=1S/C16H23NO4/c1-10(2)14(16(19)20)17-15(18)11(3)9-12-5-7-13(21-4)8-6-12/h5-8,10-11,14H,9H2,1-4H3,(H,17,18)(H,19,20). The number of methoxy groups -OCH3 is 1. The first-order chi connectivity index (χ1) is 9.85. The summed E-state index contributed by atoms with van der Waals surface area (Å²) >= 11 is 0. The number of carboxylic acid groups (broad SMARTS) is 1. The van der Waals surface area contributed by atoms with Crippen LogP contribution in [0.5, 0.6) is 5.75 Å². The zero-order chi connectivity index (χ0) is 16.0. The Labute approximate surface area is 125 Å². The normalized spacial score (nSPS) is 13.6. The van der Waals surface area contributed by atoms with Crippen molar-refractivity contribution in [3.05, 3.63) is 29.8 Å². The fourth-order valence-corrected chi connectivity index (χ4v) is 2.02. The minimum Gasteiger partial charge on any atom is -0.497 e. The van der Waals surface area contributed by atoms with Gasteiger partial charge in [0.25, 0.3) is 0 Å². The summed E-state index contributed by atoms with van der Waals surface area (Å²) in [5, 5.41) is 11.7. The maximum absolute atomic E-state index is 12.1. The average molecular weight is 293 g/mol. The van der Waals surface area contributed by atoms with Crippen molar-refractivity contribution in [3.8, 4) is 5.75 Å². The van der Waals surface area contributed by atoms with E-state index in [1.807, 2.05) is 24.3 Å². The summed E-state index contributed by atoms with van der Waals surface area (Å²) in [5.41, 5.74) is 1.01. The van der Waals surface area contributed by atoms with Gasteiger partial charge in [-0.1, -0.05) is 32.9 Å². The number of benzene rings is 1. The minimum atomic E-state index is -1.00. The third-order valence-corrected chi connectivity index (χ3v) is 3.38. The summed E-state index contributed by atoms with van der Waals surface area (Å²) in [5.74, 6) is -0.929. The molecule has 2 unspecified atom stereocenters. The molecule has 21 heavy (non-hydrogen) atoms. The van der Waals surface area contributed by atoms with Crippen LogP contribution < -0.4 is 10.1 Å². The second-order valence-corrected chi connectivity index (χ2v) is 5.52. The van der Waals surface area contributed by atoms with Gasteiger partial charge in [-0.25, -0.2) is 4.79 Å². The lowest BCUT2D eigenvalue weighted by molar-refractivity contribution is -0.143. The highest BCUT2D eigenvalue weighted by molar-refractivity contribution is 5.85. The van der Waals surface area contributed by atoms with Crippen LogP contribution in [0.15, 0.2) is 24.3 Å². The summed E-state index contributed by atoms with van der Waals surface area (Å²) in [6, 6.07) is 6.64. The van der Waals surface area contributed by atoms with Gasteiger partial charge in [0.15, 0.2) is 0 Å². The van der Waals surface area contributed by atoms with Crippen molar-refractivity contribution in [3.63, 3.8) is 0 Å². The second-order valence-electron chi connectivity index (χ2n) is 5.52. The van der Waals surface area contributed by atoms with E-state index in [0.717, 1.165) is 11.3 Å². The summed E-state index contributed by atoms with van der Waals surface area (Å²) < 4.78 is 5.08. The lowest BCUT2D eigenvalue weighted by Crippen LogP contribution is -2.46. The molecule has 1 aromatic carbocycles. The van der Waals surface area contributed by atoms with Gasteiger partial charge in [0.2, 0.25) is 5.91 Å². The molecule has 0 aromatic heterocycles. The summed E-state index contributed by atoms with van der Waals surface area (Å²) in [7, 11) is 1.60. The van der Waals surface area contributed by atoms with Crippen molar-refractivity contribution in [2.24, 2.45) is 11.8 Å². The van der Waals surface area contributed by atoms with Crippen LogP contribution in [0.4, 0.5) is 0 Å². The van der Waals surface area contributed by atoms with Crippen molar-refractivity contribution in [1.29, 1.82) is 0 Å². The Balaban J connectivity index is 2.63. The summed E-state index contributed by atoms with van der Waals surface area (Å²) in [6.45, 7) is 5.33. The Morgan fingerprint density at radius 1 is 1.19 bits per heavy atom. The monoisotopic (exact) mass is 293 g/mol. The number of hydrogen-bond donors (Lipinski definition) is 2. The van der Waals surface area contributed by atoms with Crippen molar-refractivity contribution >= 4 is 11.9 Å². The third kappa shape index (κ3) is 5.10. The number of carbonyl (C=O) groups excluding carboxylic acids is 1. The fraction of sp³-hybridized carbons (Fsp3) is 0.500. The Kier molecular flexibility index (Phi) is 6.21. The van der Waals surface area contributed by atoms with E-state index in [0.29, 0.717) is 6.42 Å². The van der Waals surface area contributed by atoms with E-state index in [1.54, 1.807) is 27.9 Å². The number of amides is 1. The first-order valence-electron chi connectivity index (χ1n) is 7.01. The second kappa shape index (κ2) is 7.67. The molecule has 5 heteroatoms. The highest BCUT2D eigenvalue weighted by Crippen LogP contribution is 2.15. The highest BCUT2D eigenvalue weighted by Gasteiger charge is 2.25. The van der Waals surface area contributed by atoms with E-state index in [9.17, 15) is 9.59 Å². The molecule has 0 radical (unpaired) electrons. The number of hydrogen-bond acceptors (Lipinski definition) is 3. The van der Waals surface area contributed by atoms with Crippen LogP contribution in [-0.4, -0.2) is 30.1 Å². The fourth-order valence-electron chi connectivity index (χ4n) is 2.02. The predicted molar refractivity (Wildman–Crippen MR) is 80.3 cm³/mol. The van der Waals surface area contributed by atoms with Crippen molar-refractivity contribution in [2.45, 2.75) is 33.2 Å². The quantitative estimate of drug-likeness (QED) is 0.807. The van der Waals surface area contributed by atoms with Gasteiger partial charge in [-0.15, -0.1) is 0 Å². The molecule has 0 heterocycles. The lowest BCUT2D eigenvalue weighted by atomic mass is 9.98. The summed E-state index contributed by atoms with van der Waals surface area (Å²) in [4.78, 5) is 23.2. The Hall–Kier alpha value is -2.04. The first kappa shape index (κ1) is 17.0. The molecule has 0 aliphatic rings. The van der Waals surface area contributed by atoms with Gasteiger partial charge in [-0.2, -0.15) is 0 Å². The molecule has 1 rings (SSSR count). The van der Waals surface area contributed by atoms with E-state index in [4.69, 9.17) is 9.84 Å². The molecule has 2 N–H and O–H groups in total. The Bertz CT molecular complexity index is 482. The molecule has 116 valence electrons. The third-order valence-electron chi connectivity index (χ3n) is 3.38. The number of nitrogens with one attached hydrogen (secondary N) is 1. The maximum atomic E-state index is 12.1. The molecule has 1 aromatic rings. The van der Waals surface area contributed by atoms with Gasteiger partial charge in [0.1, 0.15) is 11.8 Å². The van der Waals surface area contributed by atoms with Gasteiger partial charge in [0, 0.05) is 5.92 Å². The number of aliphatic carboxylic acids is 1. The molecule has 0 aliphatic heterocycles. The van der Waals surface area contributed by atoms with Gasteiger partial charge in [-0.3, -0.25) is 4.79 Å². The molecule has 2 atom stereocenters. The maximum Gasteiger partial charge on any atom is 0.326 e. The number of rotatable bonds is 7. The zero-order valence-corrected chi connectivity index (χ0v) is 12.9. The average Bonchev–Trinajstić information content (AvgIpc) is 2.44. The molecule has 0 saturated carbocycles. The lowest BCUT2D eigenvalue weighted by Gasteiger charge is -2.20. The zero-order valence-electron chi connectivity index (χ0n) is 12.9. The molecule has 0 fully saturated rings. The number of carbonyl (C=O) groups is 2. The van der Waals surface area contributed by atoms with Crippen LogP contribution in [-0.2, 0) is 16.0 Å². The van der Waals surface area contributed by atoms with Gasteiger partial charge >= 0.3 is 5.97 Å². The molecule has 5 nitrogen and oxygen atoms in total. The van der Waals surface area contributed by atoms with Crippen LogP contribution >= 0.6 is 0 Å². The Morgan fingerprint density at radius 2 is 1.76 bits per heavy atom. The van der Waals surface area contributed by atoms with E-state index in [-0.39, 0.29) is 17.7 Å². The molecule has 0 aliphatic carbocycles. The van der Waals surface area contributed by atoms with Crippen molar-refractivity contribution < 1.29 is 19.4 Å². The van der Waals surface area contributed by atoms with Crippen LogP contribution in [0, 0.1) is 11.8 Å². The van der Waals surface area contributed by atoms with Crippen LogP contribution in [0.3, 0.4) is 0 Å². The molecular weight excluding hydrogens is 270 g/mol. The van der Waals surface area contributed by atoms with Crippen molar-refractivity contribution in [2.75, 3.05) is 7.11 Å². The smallest absolute Gasteiger partial charge is 0.326 e.